The van der Waals surface area contributed by atoms with Crippen LogP contribution < -0.4 is 11.1 Å². The van der Waals surface area contributed by atoms with Crippen molar-refractivity contribution in [2.45, 2.75) is 31.6 Å². The Labute approximate surface area is 107 Å². The van der Waals surface area contributed by atoms with Crippen LogP contribution in [-0.4, -0.2) is 41.0 Å². The molecule has 3 nitrogen and oxygen atoms in total. The number of rotatable bonds is 5. The summed E-state index contributed by atoms with van der Waals surface area (Å²) in [6, 6.07) is -0.346. The fourth-order valence-electron chi connectivity index (χ4n) is 1.61. The SMILES string of the molecule is CC(C)C[C@H](N)C(=O)NCC1CSCCS1. The molecular weight excluding hydrogens is 240 g/mol. The van der Waals surface area contributed by atoms with Crippen molar-refractivity contribution in [3.63, 3.8) is 0 Å². The van der Waals surface area contributed by atoms with Crippen LogP contribution >= 0.6 is 23.5 Å². The molecule has 1 saturated heterocycles. The van der Waals surface area contributed by atoms with E-state index in [0.29, 0.717) is 11.2 Å². The Morgan fingerprint density at radius 3 is 2.81 bits per heavy atom. The maximum atomic E-state index is 11.7. The number of nitrogens with two attached hydrogens (primary N) is 1. The van der Waals surface area contributed by atoms with Crippen molar-refractivity contribution in [2.75, 3.05) is 23.8 Å². The lowest BCUT2D eigenvalue weighted by molar-refractivity contribution is -0.122. The van der Waals surface area contributed by atoms with Crippen LogP contribution in [0.3, 0.4) is 0 Å². The van der Waals surface area contributed by atoms with Gasteiger partial charge in [-0.05, 0) is 12.3 Å². The molecule has 0 aromatic heterocycles. The first-order valence-electron chi connectivity index (χ1n) is 5.82. The van der Waals surface area contributed by atoms with Crippen molar-refractivity contribution >= 4 is 29.4 Å². The molecule has 0 spiro atoms. The highest BCUT2D eigenvalue weighted by Crippen LogP contribution is 2.23. The van der Waals surface area contributed by atoms with Crippen molar-refractivity contribution in [3.8, 4) is 0 Å². The molecule has 0 aromatic carbocycles. The maximum absolute atomic E-state index is 11.7. The van der Waals surface area contributed by atoms with Gasteiger partial charge in [0.05, 0.1) is 6.04 Å². The Balaban J connectivity index is 2.17. The van der Waals surface area contributed by atoms with E-state index in [4.69, 9.17) is 5.73 Å². The van der Waals surface area contributed by atoms with Gasteiger partial charge in [-0.25, -0.2) is 0 Å². The molecule has 5 heteroatoms. The lowest BCUT2D eigenvalue weighted by Gasteiger charge is -2.22. The van der Waals surface area contributed by atoms with E-state index in [2.05, 4.69) is 19.2 Å². The summed E-state index contributed by atoms with van der Waals surface area (Å²) < 4.78 is 0. The maximum Gasteiger partial charge on any atom is 0.236 e. The molecule has 2 atom stereocenters. The quantitative estimate of drug-likeness (QED) is 0.785. The average Bonchev–Trinajstić information content (AvgIpc) is 2.26. The second kappa shape index (κ2) is 7.45. The van der Waals surface area contributed by atoms with Gasteiger partial charge < -0.3 is 11.1 Å². The van der Waals surface area contributed by atoms with Crippen molar-refractivity contribution in [3.05, 3.63) is 0 Å². The third-order valence-electron chi connectivity index (χ3n) is 2.45. The molecule has 1 rings (SSSR count). The van der Waals surface area contributed by atoms with Crippen LogP contribution in [0.15, 0.2) is 0 Å². The summed E-state index contributed by atoms with van der Waals surface area (Å²) in [6.45, 7) is 4.93. The highest BCUT2D eigenvalue weighted by Gasteiger charge is 2.18. The van der Waals surface area contributed by atoms with Crippen LogP contribution in [0, 0.1) is 5.92 Å². The topological polar surface area (TPSA) is 55.1 Å². The van der Waals surface area contributed by atoms with Crippen molar-refractivity contribution in [2.24, 2.45) is 11.7 Å². The Morgan fingerprint density at radius 2 is 2.25 bits per heavy atom. The molecule has 1 unspecified atom stereocenters. The van der Waals surface area contributed by atoms with E-state index in [-0.39, 0.29) is 11.9 Å². The minimum atomic E-state index is -0.346. The molecule has 1 aliphatic heterocycles. The van der Waals surface area contributed by atoms with Gasteiger partial charge in [-0.15, -0.1) is 0 Å². The molecule has 0 aliphatic carbocycles. The van der Waals surface area contributed by atoms with E-state index >= 15 is 0 Å². The van der Waals surface area contributed by atoms with Gasteiger partial charge in [-0.1, -0.05) is 13.8 Å². The Kier molecular flexibility index (Phi) is 6.61. The smallest absolute Gasteiger partial charge is 0.236 e. The van der Waals surface area contributed by atoms with Gasteiger partial charge in [0.15, 0.2) is 0 Å². The van der Waals surface area contributed by atoms with Crippen LogP contribution in [-0.2, 0) is 4.79 Å². The largest absolute Gasteiger partial charge is 0.354 e. The molecule has 16 heavy (non-hydrogen) atoms. The second-order valence-electron chi connectivity index (χ2n) is 4.55. The lowest BCUT2D eigenvalue weighted by atomic mass is 10.0. The molecular formula is C11H22N2OS2. The van der Waals surface area contributed by atoms with E-state index in [9.17, 15) is 4.79 Å². The first-order valence-corrected chi connectivity index (χ1v) is 8.02. The number of hydrogen-bond donors (Lipinski definition) is 2. The van der Waals surface area contributed by atoms with Crippen LogP contribution in [0.25, 0.3) is 0 Å². The van der Waals surface area contributed by atoms with Crippen molar-refractivity contribution < 1.29 is 4.79 Å². The Morgan fingerprint density at radius 1 is 1.50 bits per heavy atom. The zero-order chi connectivity index (χ0) is 12.0. The van der Waals surface area contributed by atoms with Gasteiger partial charge >= 0.3 is 0 Å². The molecule has 1 aliphatic rings. The predicted octanol–water partition coefficient (Wildman–Crippen LogP) is 1.32. The summed E-state index contributed by atoms with van der Waals surface area (Å²) in [5.41, 5.74) is 5.81. The van der Waals surface area contributed by atoms with Gasteiger partial charge in [0, 0.05) is 29.1 Å². The second-order valence-corrected chi connectivity index (χ2v) is 7.11. The van der Waals surface area contributed by atoms with Crippen LogP contribution in [0.5, 0.6) is 0 Å². The highest BCUT2D eigenvalue weighted by molar-refractivity contribution is 8.06. The summed E-state index contributed by atoms with van der Waals surface area (Å²) in [7, 11) is 0. The molecule has 0 bridgehead atoms. The first-order chi connectivity index (χ1) is 7.59. The van der Waals surface area contributed by atoms with Crippen LogP contribution in [0.2, 0.25) is 0 Å². The summed E-state index contributed by atoms with van der Waals surface area (Å²) in [6.07, 6.45) is 0.762. The molecule has 0 radical (unpaired) electrons. The van der Waals surface area contributed by atoms with Crippen molar-refractivity contribution in [1.82, 2.24) is 5.32 Å². The summed E-state index contributed by atoms with van der Waals surface area (Å²) in [5.74, 6) is 4.06. The number of nitrogens with one attached hydrogen (secondary N) is 1. The fourth-order valence-corrected chi connectivity index (χ4v) is 4.23. The Hall–Kier alpha value is 0.130. The third-order valence-corrected chi connectivity index (χ3v) is 5.30. The summed E-state index contributed by atoms with van der Waals surface area (Å²) in [5, 5.41) is 3.52. The lowest BCUT2D eigenvalue weighted by Crippen LogP contribution is -2.44. The van der Waals surface area contributed by atoms with Crippen molar-refractivity contribution in [1.29, 1.82) is 0 Å². The Bertz CT molecular complexity index is 218. The molecule has 94 valence electrons. The fraction of sp³-hybridized carbons (Fsp3) is 0.909. The minimum Gasteiger partial charge on any atom is -0.354 e. The monoisotopic (exact) mass is 262 g/mol. The standard InChI is InChI=1S/C11H22N2OS2/c1-8(2)5-10(12)11(14)13-6-9-7-15-3-4-16-9/h8-10H,3-7,12H2,1-2H3,(H,13,14)/t9?,10-/m0/s1. The molecule has 1 heterocycles. The van der Waals surface area contributed by atoms with E-state index in [0.717, 1.165) is 18.7 Å². The average molecular weight is 262 g/mol. The predicted molar refractivity (Wildman–Crippen MR) is 74.0 cm³/mol. The highest BCUT2D eigenvalue weighted by atomic mass is 32.2. The third kappa shape index (κ3) is 5.46. The normalized spacial score (nSPS) is 23.1. The minimum absolute atomic E-state index is 0.00451. The van der Waals surface area contributed by atoms with E-state index in [1.54, 1.807) is 0 Å². The van der Waals surface area contributed by atoms with E-state index in [1.165, 1.54) is 11.5 Å². The molecule has 3 N–H and O–H groups in total. The summed E-state index contributed by atoms with van der Waals surface area (Å²) in [4.78, 5) is 11.7. The van der Waals surface area contributed by atoms with Gasteiger partial charge in [0.2, 0.25) is 5.91 Å². The number of thioether (sulfide) groups is 2. The number of amides is 1. The zero-order valence-corrected chi connectivity index (χ0v) is 11.7. The van der Waals surface area contributed by atoms with Gasteiger partial charge in [-0.2, -0.15) is 23.5 Å². The molecule has 1 amide bonds. The van der Waals surface area contributed by atoms with Gasteiger partial charge in [0.1, 0.15) is 0 Å². The van der Waals surface area contributed by atoms with E-state index in [1.807, 2.05) is 23.5 Å². The number of carbonyl (C=O) groups excluding carboxylic acids is 1. The molecule has 0 aromatic rings. The first kappa shape index (κ1) is 14.2. The summed E-state index contributed by atoms with van der Waals surface area (Å²) >= 11 is 3.92. The molecule has 1 fully saturated rings. The number of carbonyl (C=O) groups is 1. The molecule has 0 saturated carbocycles. The van der Waals surface area contributed by atoms with E-state index < -0.39 is 0 Å². The van der Waals surface area contributed by atoms with Crippen LogP contribution in [0.1, 0.15) is 20.3 Å². The van der Waals surface area contributed by atoms with Gasteiger partial charge in [-0.3, -0.25) is 4.79 Å². The van der Waals surface area contributed by atoms with Crippen LogP contribution in [0.4, 0.5) is 0 Å². The zero-order valence-electron chi connectivity index (χ0n) is 10.1. The number of hydrogen-bond acceptors (Lipinski definition) is 4. The van der Waals surface area contributed by atoms with Gasteiger partial charge in [0.25, 0.3) is 0 Å².